The van der Waals surface area contributed by atoms with E-state index in [-0.39, 0.29) is 17.4 Å². The lowest BCUT2D eigenvalue weighted by molar-refractivity contribution is -0.124. The summed E-state index contributed by atoms with van der Waals surface area (Å²) in [4.78, 5) is 15.3. The van der Waals surface area contributed by atoms with Gasteiger partial charge >= 0.3 is 0 Å². The number of piperidine rings is 1. The van der Waals surface area contributed by atoms with Gasteiger partial charge in [0.15, 0.2) is 0 Å². The molecule has 1 aliphatic heterocycles. The summed E-state index contributed by atoms with van der Waals surface area (Å²) >= 11 is 3.51. The highest BCUT2D eigenvalue weighted by Gasteiger charge is 2.51. The summed E-state index contributed by atoms with van der Waals surface area (Å²) in [7, 11) is 0. The Morgan fingerprint density at radius 3 is 2.44 bits per heavy atom. The second-order valence-electron chi connectivity index (χ2n) is 7.49. The predicted molar refractivity (Wildman–Crippen MR) is 110 cm³/mol. The van der Waals surface area contributed by atoms with Gasteiger partial charge in [-0.25, -0.2) is 0 Å². The van der Waals surface area contributed by atoms with Crippen molar-refractivity contribution >= 4 is 27.5 Å². The number of halogens is 1. The fourth-order valence-electron chi connectivity index (χ4n) is 3.91. The van der Waals surface area contributed by atoms with Crippen LogP contribution in [0.4, 0.5) is 5.69 Å². The largest absolute Gasteiger partial charge is 0.371 e. The van der Waals surface area contributed by atoms with Gasteiger partial charge in [0.1, 0.15) is 0 Å². The first-order valence-corrected chi connectivity index (χ1v) is 10.2. The van der Waals surface area contributed by atoms with Crippen molar-refractivity contribution in [2.24, 2.45) is 0 Å². The van der Waals surface area contributed by atoms with Crippen molar-refractivity contribution in [2.45, 2.75) is 37.1 Å². The van der Waals surface area contributed by atoms with Crippen LogP contribution in [0, 0.1) is 11.3 Å². The van der Waals surface area contributed by atoms with Crippen molar-refractivity contribution in [1.82, 2.24) is 5.32 Å². The molecular weight excluding hydrogens is 402 g/mol. The maximum Gasteiger partial charge on any atom is 0.230 e. The van der Waals surface area contributed by atoms with Crippen LogP contribution in [0.5, 0.6) is 0 Å². The Hall–Kier alpha value is -2.32. The molecule has 0 atom stereocenters. The number of nitriles is 1. The molecule has 0 bridgehead atoms. The molecule has 138 valence electrons. The lowest BCUT2D eigenvalue weighted by atomic mass is 9.94. The molecule has 0 spiro atoms. The molecule has 0 unspecified atom stereocenters. The fraction of sp³-hybridized carbons (Fsp3) is 0.364. The van der Waals surface area contributed by atoms with Crippen LogP contribution in [-0.4, -0.2) is 25.0 Å². The zero-order chi connectivity index (χ0) is 18.9. The van der Waals surface area contributed by atoms with Crippen LogP contribution in [0.3, 0.4) is 0 Å². The summed E-state index contributed by atoms with van der Waals surface area (Å²) in [5.41, 5.74) is 2.62. The summed E-state index contributed by atoms with van der Waals surface area (Å²) in [5, 5.41) is 12.2. The van der Waals surface area contributed by atoms with E-state index >= 15 is 0 Å². The van der Waals surface area contributed by atoms with Crippen molar-refractivity contribution in [1.29, 1.82) is 5.26 Å². The molecule has 2 fully saturated rings. The fourth-order valence-corrected chi connectivity index (χ4v) is 4.31. The van der Waals surface area contributed by atoms with Crippen molar-refractivity contribution in [3.8, 4) is 6.07 Å². The number of carbonyl (C=O) groups excluding carboxylic acids is 1. The molecule has 1 saturated heterocycles. The molecule has 4 rings (SSSR count). The van der Waals surface area contributed by atoms with Gasteiger partial charge in [-0.2, -0.15) is 5.26 Å². The van der Waals surface area contributed by atoms with Crippen molar-refractivity contribution in [2.75, 3.05) is 18.0 Å². The minimum Gasteiger partial charge on any atom is -0.371 e. The number of benzene rings is 2. The van der Waals surface area contributed by atoms with Gasteiger partial charge in [0.25, 0.3) is 0 Å². The van der Waals surface area contributed by atoms with E-state index in [1.165, 1.54) is 0 Å². The van der Waals surface area contributed by atoms with Gasteiger partial charge in [-0.1, -0.05) is 28.1 Å². The number of amides is 1. The highest BCUT2D eigenvalue weighted by molar-refractivity contribution is 9.10. The van der Waals surface area contributed by atoms with Gasteiger partial charge in [-0.15, -0.1) is 0 Å². The van der Waals surface area contributed by atoms with Crippen LogP contribution in [-0.2, 0) is 10.2 Å². The topological polar surface area (TPSA) is 56.1 Å². The van der Waals surface area contributed by atoms with E-state index in [0.29, 0.717) is 5.56 Å². The molecule has 2 aromatic carbocycles. The Balaban J connectivity index is 1.35. The van der Waals surface area contributed by atoms with E-state index in [1.54, 1.807) is 0 Å². The maximum atomic E-state index is 13.0. The summed E-state index contributed by atoms with van der Waals surface area (Å²) < 4.78 is 1.02. The van der Waals surface area contributed by atoms with Crippen LogP contribution in [0.25, 0.3) is 0 Å². The second kappa shape index (κ2) is 7.36. The summed E-state index contributed by atoms with van der Waals surface area (Å²) in [6.07, 6.45) is 3.75. The zero-order valence-electron chi connectivity index (χ0n) is 15.1. The van der Waals surface area contributed by atoms with Crippen LogP contribution < -0.4 is 10.2 Å². The minimum atomic E-state index is -0.325. The summed E-state index contributed by atoms with van der Waals surface area (Å²) in [6, 6.07) is 18.2. The van der Waals surface area contributed by atoms with E-state index in [1.807, 2.05) is 36.4 Å². The third-order valence-electron chi connectivity index (χ3n) is 5.75. The van der Waals surface area contributed by atoms with E-state index in [4.69, 9.17) is 5.26 Å². The quantitative estimate of drug-likeness (QED) is 0.803. The number of rotatable bonds is 4. The molecule has 1 N–H and O–H groups in total. The molecule has 2 aromatic rings. The third kappa shape index (κ3) is 3.72. The second-order valence-corrected chi connectivity index (χ2v) is 8.40. The van der Waals surface area contributed by atoms with Gasteiger partial charge in [0.2, 0.25) is 5.91 Å². The number of carbonyl (C=O) groups is 1. The first-order valence-electron chi connectivity index (χ1n) is 9.43. The molecule has 0 aromatic heterocycles. The highest BCUT2D eigenvalue weighted by Crippen LogP contribution is 2.49. The molecule has 1 heterocycles. The average Bonchev–Trinajstić information content (AvgIpc) is 3.51. The SMILES string of the molecule is N#Cc1ccc(N2CCC(NC(=O)C3(c4cccc(Br)c4)CC3)CC2)cc1. The molecule has 1 amide bonds. The van der Waals surface area contributed by atoms with Gasteiger partial charge in [-0.05, 0) is 67.6 Å². The molecule has 1 saturated carbocycles. The van der Waals surface area contributed by atoms with Crippen LogP contribution >= 0.6 is 15.9 Å². The molecule has 27 heavy (non-hydrogen) atoms. The molecule has 0 radical (unpaired) electrons. The molecule has 1 aliphatic carbocycles. The normalized spacial score (nSPS) is 18.6. The van der Waals surface area contributed by atoms with Gasteiger partial charge in [0, 0.05) is 29.3 Å². The standard InChI is InChI=1S/C22H22BrN3O/c23-18-3-1-2-17(14-18)22(10-11-22)21(27)25-19-8-12-26(13-9-19)20-6-4-16(15-24)5-7-20/h1-7,14,19H,8-13H2,(H,25,27). The van der Waals surface area contributed by atoms with Crippen LogP contribution in [0.1, 0.15) is 36.8 Å². The van der Waals surface area contributed by atoms with Crippen molar-refractivity contribution in [3.05, 3.63) is 64.1 Å². The Labute approximate surface area is 168 Å². The summed E-state index contributed by atoms with van der Waals surface area (Å²) in [5.74, 6) is 0.178. The van der Waals surface area contributed by atoms with E-state index in [0.717, 1.165) is 54.5 Å². The van der Waals surface area contributed by atoms with Crippen LogP contribution in [0.2, 0.25) is 0 Å². The lowest BCUT2D eigenvalue weighted by Crippen LogP contribution is -2.47. The number of hydrogen-bond donors (Lipinski definition) is 1. The molecule has 5 heteroatoms. The van der Waals surface area contributed by atoms with Crippen molar-refractivity contribution < 1.29 is 4.79 Å². The average molecular weight is 424 g/mol. The third-order valence-corrected chi connectivity index (χ3v) is 6.25. The number of nitrogens with one attached hydrogen (secondary N) is 1. The summed E-state index contributed by atoms with van der Waals surface area (Å²) in [6.45, 7) is 1.83. The molecular formula is C22H22BrN3O. The number of nitrogens with zero attached hydrogens (tertiary/aromatic N) is 2. The van der Waals surface area contributed by atoms with E-state index in [2.05, 4.69) is 44.3 Å². The van der Waals surface area contributed by atoms with Crippen LogP contribution in [0.15, 0.2) is 53.0 Å². The lowest BCUT2D eigenvalue weighted by Gasteiger charge is -2.34. The number of hydrogen-bond acceptors (Lipinski definition) is 3. The zero-order valence-corrected chi connectivity index (χ0v) is 16.7. The first-order chi connectivity index (χ1) is 13.1. The van der Waals surface area contributed by atoms with Gasteiger partial charge < -0.3 is 10.2 Å². The van der Waals surface area contributed by atoms with Gasteiger partial charge in [0.05, 0.1) is 17.0 Å². The Morgan fingerprint density at radius 2 is 1.85 bits per heavy atom. The highest BCUT2D eigenvalue weighted by atomic mass is 79.9. The smallest absolute Gasteiger partial charge is 0.230 e. The molecule has 4 nitrogen and oxygen atoms in total. The minimum absolute atomic E-state index is 0.178. The predicted octanol–water partition coefficient (Wildman–Crippen LogP) is 4.14. The number of anilines is 1. The van der Waals surface area contributed by atoms with E-state index in [9.17, 15) is 4.79 Å². The Bertz CT molecular complexity index is 875. The Morgan fingerprint density at radius 1 is 1.15 bits per heavy atom. The monoisotopic (exact) mass is 423 g/mol. The first kappa shape index (κ1) is 18.1. The van der Waals surface area contributed by atoms with Crippen molar-refractivity contribution in [3.63, 3.8) is 0 Å². The molecule has 2 aliphatic rings. The maximum absolute atomic E-state index is 13.0. The van der Waals surface area contributed by atoms with E-state index < -0.39 is 0 Å². The Kier molecular flexibility index (Phi) is 4.92. The van der Waals surface area contributed by atoms with Gasteiger partial charge in [-0.3, -0.25) is 4.79 Å².